The molecule has 0 saturated heterocycles. The molecule has 3 aromatic rings. The van der Waals surface area contributed by atoms with Gasteiger partial charge in [0, 0.05) is 11.1 Å². The van der Waals surface area contributed by atoms with Crippen molar-refractivity contribution in [2.75, 3.05) is 5.32 Å². The average molecular weight is 424 g/mol. The van der Waals surface area contributed by atoms with Crippen LogP contribution in [-0.2, 0) is 0 Å². The van der Waals surface area contributed by atoms with Gasteiger partial charge in [0.05, 0.1) is 20.8 Å². The van der Waals surface area contributed by atoms with E-state index >= 15 is 0 Å². The first-order chi connectivity index (χ1) is 12.8. The van der Waals surface area contributed by atoms with Crippen molar-refractivity contribution in [3.8, 4) is 11.3 Å². The molecule has 1 heterocycles. The van der Waals surface area contributed by atoms with Crippen LogP contribution in [-0.4, -0.2) is 16.8 Å². The Kier molecular flexibility index (Phi) is 5.56. The fraction of sp³-hybridized carbons (Fsp3) is 0.105. The minimum atomic E-state index is -0.512. The number of hydrogen-bond acceptors (Lipinski definition) is 4. The molecule has 5 nitrogen and oxygen atoms in total. The van der Waals surface area contributed by atoms with Crippen LogP contribution in [0.2, 0.25) is 15.1 Å². The van der Waals surface area contributed by atoms with Gasteiger partial charge < -0.3 is 9.84 Å². The Morgan fingerprint density at radius 3 is 2.33 bits per heavy atom. The summed E-state index contributed by atoms with van der Waals surface area (Å²) in [6.45, 7) is 3.03. The summed E-state index contributed by atoms with van der Waals surface area (Å²) in [6, 6.07) is 9.60. The smallest absolute Gasteiger partial charge is 0.261 e. The standard InChI is InChI=1S/C19H13Cl3N2O3/c1-9(25)11-6-7-12(20)15(8-11)23-19(26)16-10(2)27-24-18(16)17-13(21)4-3-5-14(17)22/h3-8H,1-2H3,(H,23,26). The summed E-state index contributed by atoms with van der Waals surface area (Å²) in [5.41, 5.74) is 1.51. The fourth-order valence-corrected chi connectivity index (χ4v) is 3.30. The van der Waals surface area contributed by atoms with Crippen LogP contribution in [0.4, 0.5) is 5.69 Å². The number of nitrogens with zero attached hydrogens (tertiary/aromatic N) is 1. The molecule has 0 unspecified atom stereocenters. The van der Waals surface area contributed by atoms with Crippen LogP contribution in [0.3, 0.4) is 0 Å². The van der Waals surface area contributed by atoms with Crippen LogP contribution in [0, 0.1) is 6.92 Å². The lowest BCUT2D eigenvalue weighted by Gasteiger charge is -2.10. The van der Waals surface area contributed by atoms with Gasteiger partial charge >= 0.3 is 0 Å². The number of ketones is 1. The number of benzene rings is 2. The van der Waals surface area contributed by atoms with Crippen LogP contribution in [0.15, 0.2) is 40.9 Å². The van der Waals surface area contributed by atoms with E-state index in [1.54, 1.807) is 37.3 Å². The minimum Gasteiger partial charge on any atom is -0.360 e. The Hall–Kier alpha value is -2.34. The number of halogens is 3. The number of amides is 1. The topological polar surface area (TPSA) is 72.2 Å². The van der Waals surface area contributed by atoms with E-state index in [9.17, 15) is 9.59 Å². The summed E-state index contributed by atoms with van der Waals surface area (Å²) in [6.07, 6.45) is 0. The van der Waals surface area contributed by atoms with Gasteiger partial charge in [-0.25, -0.2) is 0 Å². The highest BCUT2D eigenvalue weighted by atomic mass is 35.5. The van der Waals surface area contributed by atoms with Gasteiger partial charge in [-0.1, -0.05) is 46.0 Å². The van der Waals surface area contributed by atoms with Gasteiger partial charge in [-0.2, -0.15) is 0 Å². The van der Waals surface area contributed by atoms with Crippen LogP contribution in [0.1, 0.15) is 33.4 Å². The largest absolute Gasteiger partial charge is 0.360 e. The molecule has 1 aromatic heterocycles. The first-order valence-corrected chi connectivity index (χ1v) is 8.95. The molecule has 0 atom stereocenters. The molecule has 0 radical (unpaired) electrons. The highest BCUT2D eigenvalue weighted by Gasteiger charge is 2.25. The van der Waals surface area contributed by atoms with Crippen LogP contribution in [0.5, 0.6) is 0 Å². The van der Waals surface area contributed by atoms with Gasteiger partial charge in [-0.05, 0) is 44.2 Å². The molecule has 0 saturated carbocycles. The first-order valence-electron chi connectivity index (χ1n) is 7.82. The predicted octanol–water partition coefficient (Wildman–Crippen LogP) is 6.07. The fourth-order valence-electron chi connectivity index (χ4n) is 2.56. The van der Waals surface area contributed by atoms with Crippen molar-refractivity contribution in [1.29, 1.82) is 0 Å². The highest BCUT2D eigenvalue weighted by molar-refractivity contribution is 6.39. The van der Waals surface area contributed by atoms with Crippen molar-refractivity contribution in [2.45, 2.75) is 13.8 Å². The van der Waals surface area contributed by atoms with E-state index in [0.29, 0.717) is 31.9 Å². The van der Waals surface area contributed by atoms with E-state index in [1.807, 2.05) is 0 Å². The van der Waals surface area contributed by atoms with Crippen molar-refractivity contribution in [3.63, 3.8) is 0 Å². The van der Waals surface area contributed by atoms with Crippen molar-refractivity contribution >= 4 is 52.2 Å². The van der Waals surface area contributed by atoms with E-state index in [-0.39, 0.29) is 22.8 Å². The van der Waals surface area contributed by atoms with E-state index in [1.165, 1.54) is 13.0 Å². The molecule has 3 rings (SSSR count). The van der Waals surface area contributed by atoms with Gasteiger partial charge in [-0.3, -0.25) is 9.59 Å². The molecule has 2 aromatic carbocycles. The summed E-state index contributed by atoms with van der Waals surface area (Å²) in [5.74, 6) is -0.369. The van der Waals surface area contributed by atoms with Crippen LogP contribution >= 0.6 is 34.8 Å². The van der Waals surface area contributed by atoms with Gasteiger partial charge in [0.1, 0.15) is 17.0 Å². The molecular weight excluding hydrogens is 411 g/mol. The Labute approximate surface area is 170 Å². The molecule has 0 fully saturated rings. The number of carbonyl (C=O) groups excluding carboxylic acids is 2. The third kappa shape index (κ3) is 3.86. The number of anilines is 1. The number of aryl methyl sites for hydroxylation is 1. The molecular formula is C19H13Cl3N2O3. The second-order valence-electron chi connectivity index (χ2n) is 5.76. The summed E-state index contributed by atoms with van der Waals surface area (Å²) < 4.78 is 5.20. The molecule has 0 bridgehead atoms. The van der Waals surface area contributed by atoms with Gasteiger partial charge in [-0.15, -0.1) is 0 Å². The average Bonchev–Trinajstić information content (AvgIpc) is 2.98. The molecule has 0 aliphatic heterocycles. The Morgan fingerprint density at radius 1 is 1.04 bits per heavy atom. The maximum Gasteiger partial charge on any atom is 0.261 e. The number of aromatic nitrogens is 1. The minimum absolute atomic E-state index is 0.146. The summed E-state index contributed by atoms with van der Waals surface area (Å²) in [7, 11) is 0. The van der Waals surface area contributed by atoms with Gasteiger partial charge in [0.25, 0.3) is 5.91 Å². The molecule has 138 valence electrons. The zero-order valence-corrected chi connectivity index (χ0v) is 16.5. The molecule has 0 aliphatic rings. The van der Waals surface area contributed by atoms with E-state index < -0.39 is 5.91 Å². The lowest BCUT2D eigenvalue weighted by molar-refractivity contribution is 0.101. The molecule has 1 amide bonds. The Morgan fingerprint density at radius 2 is 1.70 bits per heavy atom. The van der Waals surface area contributed by atoms with Crippen molar-refractivity contribution in [2.24, 2.45) is 0 Å². The zero-order chi connectivity index (χ0) is 19.7. The lowest BCUT2D eigenvalue weighted by atomic mass is 10.0. The summed E-state index contributed by atoms with van der Waals surface area (Å²) >= 11 is 18.6. The van der Waals surface area contributed by atoms with Crippen LogP contribution < -0.4 is 5.32 Å². The summed E-state index contributed by atoms with van der Waals surface area (Å²) in [4.78, 5) is 24.5. The van der Waals surface area contributed by atoms with Gasteiger partial charge in [0.2, 0.25) is 0 Å². The number of carbonyl (C=O) groups is 2. The van der Waals surface area contributed by atoms with Gasteiger partial charge in [0.15, 0.2) is 5.78 Å². The normalized spacial score (nSPS) is 10.7. The summed E-state index contributed by atoms with van der Waals surface area (Å²) in [5, 5.41) is 7.60. The Balaban J connectivity index is 2.04. The lowest BCUT2D eigenvalue weighted by Crippen LogP contribution is -2.14. The monoisotopic (exact) mass is 422 g/mol. The maximum absolute atomic E-state index is 12.9. The molecule has 27 heavy (non-hydrogen) atoms. The zero-order valence-electron chi connectivity index (χ0n) is 14.3. The number of Topliss-reactive ketones (excluding diaryl/α,β-unsaturated/α-hetero) is 1. The Bertz CT molecular complexity index is 1040. The second kappa shape index (κ2) is 7.72. The maximum atomic E-state index is 12.9. The number of nitrogens with one attached hydrogen (secondary N) is 1. The van der Waals surface area contributed by atoms with E-state index in [2.05, 4.69) is 10.5 Å². The first kappa shape index (κ1) is 19.4. The van der Waals surface area contributed by atoms with E-state index in [0.717, 1.165) is 0 Å². The van der Waals surface area contributed by atoms with Crippen LogP contribution in [0.25, 0.3) is 11.3 Å². The third-order valence-corrected chi connectivity index (χ3v) is 4.87. The van der Waals surface area contributed by atoms with E-state index in [4.69, 9.17) is 39.3 Å². The molecule has 0 spiro atoms. The quantitative estimate of drug-likeness (QED) is 0.517. The molecule has 8 heteroatoms. The highest BCUT2D eigenvalue weighted by Crippen LogP contribution is 2.37. The van der Waals surface area contributed by atoms with Crippen molar-refractivity contribution < 1.29 is 14.1 Å². The number of hydrogen-bond donors (Lipinski definition) is 1. The SMILES string of the molecule is CC(=O)c1ccc(Cl)c(NC(=O)c2c(-c3c(Cl)cccc3Cl)noc2C)c1. The second-order valence-corrected chi connectivity index (χ2v) is 6.99. The predicted molar refractivity (Wildman–Crippen MR) is 106 cm³/mol. The molecule has 1 N–H and O–H groups in total. The third-order valence-electron chi connectivity index (χ3n) is 3.91. The van der Waals surface area contributed by atoms with Crippen molar-refractivity contribution in [3.05, 3.63) is 68.4 Å². The number of rotatable bonds is 4. The molecule has 0 aliphatic carbocycles. The van der Waals surface area contributed by atoms with Crippen molar-refractivity contribution in [1.82, 2.24) is 5.16 Å².